The van der Waals surface area contributed by atoms with Gasteiger partial charge >= 0.3 is 0 Å². The molecule has 0 saturated heterocycles. The van der Waals surface area contributed by atoms with E-state index in [-0.39, 0.29) is 11.6 Å². The molecule has 17 heavy (non-hydrogen) atoms. The van der Waals surface area contributed by atoms with Crippen LogP contribution in [0.4, 0.5) is 5.69 Å². The van der Waals surface area contributed by atoms with E-state index in [9.17, 15) is 14.9 Å². The fourth-order valence-corrected chi connectivity index (χ4v) is 2.23. The summed E-state index contributed by atoms with van der Waals surface area (Å²) in [5.41, 5.74) is 2.13. The van der Waals surface area contributed by atoms with E-state index in [1.165, 1.54) is 12.1 Å². The van der Waals surface area contributed by atoms with Gasteiger partial charge in [-0.25, -0.2) is 5.84 Å². The molecular weight excluding hydrogens is 222 g/mol. The van der Waals surface area contributed by atoms with Crippen molar-refractivity contribution in [3.63, 3.8) is 0 Å². The van der Waals surface area contributed by atoms with E-state index >= 15 is 0 Å². The third-order valence-electron chi connectivity index (χ3n) is 3.38. The molecule has 0 heterocycles. The van der Waals surface area contributed by atoms with Crippen LogP contribution >= 0.6 is 0 Å². The van der Waals surface area contributed by atoms with Crippen LogP contribution in [0.2, 0.25) is 0 Å². The summed E-state index contributed by atoms with van der Waals surface area (Å²) in [6.45, 7) is 0. The Hall–Kier alpha value is -1.95. The third kappa shape index (κ3) is 1.76. The summed E-state index contributed by atoms with van der Waals surface area (Å²) in [5, 5.41) is 10.7. The van der Waals surface area contributed by atoms with Crippen LogP contribution in [-0.4, -0.2) is 10.8 Å². The number of nitro benzene ring substituents is 1. The lowest BCUT2D eigenvalue weighted by atomic mass is 9.64. The summed E-state index contributed by atoms with van der Waals surface area (Å²) in [6, 6.07) is 6.20. The van der Waals surface area contributed by atoms with Crippen LogP contribution in [0.3, 0.4) is 0 Å². The number of benzene rings is 1. The van der Waals surface area contributed by atoms with Crippen LogP contribution in [0.15, 0.2) is 24.3 Å². The number of hydrazine groups is 1. The van der Waals surface area contributed by atoms with Crippen molar-refractivity contribution in [3.05, 3.63) is 39.9 Å². The maximum Gasteiger partial charge on any atom is 0.269 e. The molecule has 1 saturated carbocycles. The molecule has 0 atom stereocenters. The summed E-state index contributed by atoms with van der Waals surface area (Å²) in [6.07, 6.45) is 2.28. The molecule has 2 rings (SSSR count). The maximum atomic E-state index is 11.8. The lowest BCUT2D eigenvalue weighted by Gasteiger charge is -2.39. The number of non-ortho nitro benzene ring substituents is 1. The zero-order valence-electron chi connectivity index (χ0n) is 9.18. The van der Waals surface area contributed by atoms with Gasteiger partial charge in [0.1, 0.15) is 0 Å². The van der Waals surface area contributed by atoms with Gasteiger partial charge in [-0.15, -0.1) is 0 Å². The minimum atomic E-state index is -0.680. The lowest BCUT2D eigenvalue weighted by molar-refractivity contribution is -0.385. The van der Waals surface area contributed by atoms with Crippen LogP contribution in [0.1, 0.15) is 24.8 Å². The van der Waals surface area contributed by atoms with E-state index in [1.807, 2.05) is 0 Å². The minimum Gasteiger partial charge on any atom is -0.293 e. The highest BCUT2D eigenvalue weighted by Gasteiger charge is 2.45. The summed E-state index contributed by atoms with van der Waals surface area (Å²) < 4.78 is 0. The fourth-order valence-electron chi connectivity index (χ4n) is 2.23. The lowest BCUT2D eigenvalue weighted by Crippen LogP contribution is -2.51. The van der Waals surface area contributed by atoms with Gasteiger partial charge in [0.15, 0.2) is 0 Å². The third-order valence-corrected chi connectivity index (χ3v) is 3.38. The highest BCUT2D eigenvalue weighted by atomic mass is 16.6. The molecular formula is C11H13N3O3. The monoisotopic (exact) mass is 235 g/mol. The molecule has 0 aromatic heterocycles. The van der Waals surface area contributed by atoms with Crippen LogP contribution in [0.25, 0.3) is 0 Å². The normalized spacial score (nSPS) is 17.0. The number of nitrogens with one attached hydrogen (secondary N) is 1. The second-order valence-corrected chi connectivity index (χ2v) is 4.22. The molecule has 0 spiro atoms. The van der Waals surface area contributed by atoms with E-state index in [0.717, 1.165) is 6.42 Å². The number of amides is 1. The number of carbonyl (C=O) groups is 1. The van der Waals surface area contributed by atoms with Gasteiger partial charge in [-0.05, 0) is 18.4 Å². The Morgan fingerprint density at radius 2 is 2.18 bits per heavy atom. The smallest absolute Gasteiger partial charge is 0.269 e. The average Bonchev–Trinajstić information content (AvgIpc) is 2.27. The molecule has 0 radical (unpaired) electrons. The van der Waals surface area contributed by atoms with Gasteiger partial charge in [-0.2, -0.15) is 0 Å². The second-order valence-electron chi connectivity index (χ2n) is 4.22. The predicted octanol–water partition coefficient (Wildman–Crippen LogP) is 1.01. The first-order chi connectivity index (χ1) is 8.10. The molecule has 0 unspecified atom stereocenters. The Morgan fingerprint density at radius 1 is 1.47 bits per heavy atom. The van der Waals surface area contributed by atoms with Crippen LogP contribution in [0.5, 0.6) is 0 Å². The van der Waals surface area contributed by atoms with Crippen LogP contribution < -0.4 is 11.3 Å². The number of hydrogen-bond donors (Lipinski definition) is 2. The van der Waals surface area contributed by atoms with Gasteiger partial charge in [0, 0.05) is 12.1 Å². The van der Waals surface area contributed by atoms with Crippen molar-refractivity contribution < 1.29 is 9.72 Å². The molecule has 1 amide bonds. The molecule has 1 aliphatic rings. The van der Waals surface area contributed by atoms with Crippen molar-refractivity contribution in [3.8, 4) is 0 Å². The molecule has 1 aromatic rings. The Balaban J connectivity index is 2.41. The molecule has 6 nitrogen and oxygen atoms in total. The average molecular weight is 235 g/mol. The van der Waals surface area contributed by atoms with Crippen LogP contribution in [0, 0.1) is 10.1 Å². The summed E-state index contributed by atoms with van der Waals surface area (Å²) in [7, 11) is 0. The van der Waals surface area contributed by atoms with Crippen molar-refractivity contribution in [1.29, 1.82) is 0 Å². The number of hydrogen-bond acceptors (Lipinski definition) is 4. The molecule has 3 N–H and O–H groups in total. The first-order valence-corrected chi connectivity index (χ1v) is 5.36. The Kier molecular flexibility index (Phi) is 2.81. The van der Waals surface area contributed by atoms with Crippen molar-refractivity contribution >= 4 is 11.6 Å². The highest BCUT2D eigenvalue weighted by molar-refractivity contribution is 5.89. The van der Waals surface area contributed by atoms with Gasteiger partial charge in [0.2, 0.25) is 5.91 Å². The fraction of sp³-hybridized carbons (Fsp3) is 0.364. The zero-order valence-corrected chi connectivity index (χ0v) is 9.18. The number of nitrogens with zero attached hydrogens (tertiary/aromatic N) is 1. The largest absolute Gasteiger partial charge is 0.293 e. The number of carbonyl (C=O) groups excluding carboxylic acids is 1. The van der Waals surface area contributed by atoms with Crippen molar-refractivity contribution in [1.82, 2.24) is 5.43 Å². The molecule has 6 heteroatoms. The van der Waals surface area contributed by atoms with Gasteiger partial charge in [0.05, 0.1) is 10.3 Å². The first-order valence-electron chi connectivity index (χ1n) is 5.36. The first kappa shape index (κ1) is 11.5. The molecule has 0 bridgehead atoms. The number of nitrogens with two attached hydrogens (primary N) is 1. The quantitative estimate of drug-likeness (QED) is 0.353. The van der Waals surface area contributed by atoms with E-state index in [1.54, 1.807) is 12.1 Å². The van der Waals surface area contributed by atoms with E-state index in [4.69, 9.17) is 5.84 Å². The molecule has 90 valence electrons. The second kappa shape index (κ2) is 4.14. The van der Waals surface area contributed by atoms with Gasteiger partial charge in [-0.1, -0.05) is 18.6 Å². The highest BCUT2D eigenvalue weighted by Crippen LogP contribution is 2.44. The number of nitro groups is 1. The Bertz CT molecular complexity index is 469. The topological polar surface area (TPSA) is 98.3 Å². The molecule has 0 aliphatic heterocycles. The van der Waals surface area contributed by atoms with Gasteiger partial charge in [-0.3, -0.25) is 20.3 Å². The molecule has 1 aliphatic carbocycles. The summed E-state index contributed by atoms with van der Waals surface area (Å²) in [4.78, 5) is 22.0. The summed E-state index contributed by atoms with van der Waals surface area (Å²) >= 11 is 0. The van der Waals surface area contributed by atoms with E-state index < -0.39 is 10.3 Å². The Labute approximate surface area is 97.9 Å². The van der Waals surface area contributed by atoms with Crippen molar-refractivity contribution in [2.45, 2.75) is 24.7 Å². The van der Waals surface area contributed by atoms with Gasteiger partial charge < -0.3 is 0 Å². The number of rotatable bonds is 3. The Morgan fingerprint density at radius 3 is 2.65 bits per heavy atom. The maximum absolute atomic E-state index is 11.8. The SMILES string of the molecule is NNC(=O)C1(c2cccc([N+](=O)[O-])c2)CCC1. The van der Waals surface area contributed by atoms with E-state index in [0.29, 0.717) is 18.4 Å². The standard InChI is InChI=1S/C11H13N3O3/c12-13-10(15)11(5-2-6-11)8-3-1-4-9(7-8)14(16)17/h1,3-4,7H,2,5-6,12H2,(H,13,15). The molecule has 1 aromatic carbocycles. The zero-order chi connectivity index (χ0) is 12.5. The van der Waals surface area contributed by atoms with Gasteiger partial charge in [0.25, 0.3) is 5.69 Å². The predicted molar refractivity (Wildman–Crippen MR) is 61.0 cm³/mol. The van der Waals surface area contributed by atoms with Crippen LogP contribution in [-0.2, 0) is 10.2 Å². The van der Waals surface area contributed by atoms with E-state index in [2.05, 4.69) is 5.43 Å². The summed E-state index contributed by atoms with van der Waals surface area (Å²) in [5.74, 6) is 4.90. The molecule has 1 fully saturated rings. The van der Waals surface area contributed by atoms with Crippen molar-refractivity contribution in [2.75, 3.05) is 0 Å². The minimum absolute atomic E-state index is 0.00130. The van der Waals surface area contributed by atoms with Crippen molar-refractivity contribution in [2.24, 2.45) is 5.84 Å².